The summed E-state index contributed by atoms with van der Waals surface area (Å²) in [6, 6.07) is 5.48. The first-order valence-corrected chi connectivity index (χ1v) is 8.82. The first-order chi connectivity index (χ1) is 13.3. The van der Waals surface area contributed by atoms with E-state index in [-0.39, 0.29) is 17.9 Å². The van der Waals surface area contributed by atoms with Gasteiger partial charge < -0.3 is 19.8 Å². The normalized spacial score (nSPS) is 20.1. The smallest absolute Gasteiger partial charge is 0.416 e. The summed E-state index contributed by atoms with van der Waals surface area (Å²) >= 11 is 0. The van der Waals surface area contributed by atoms with Gasteiger partial charge in [-0.15, -0.1) is 0 Å². The van der Waals surface area contributed by atoms with Crippen molar-refractivity contribution in [1.29, 1.82) is 0 Å². The Labute approximate surface area is 158 Å². The van der Waals surface area contributed by atoms with Gasteiger partial charge in [0.25, 0.3) is 0 Å². The maximum Gasteiger partial charge on any atom is 0.416 e. The molecular formula is C17H18F3N5O3. The Morgan fingerprint density at radius 2 is 1.86 bits per heavy atom. The van der Waals surface area contributed by atoms with E-state index >= 15 is 0 Å². The average Bonchev–Trinajstić information content (AvgIpc) is 3.20. The van der Waals surface area contributed by atoms with Gasteiger partial charge in [0.15, 0.2) is 0 Å². The van der Waals surface area contributed by atoms with Crippen molar-refractivity contribution in [3.63, 3.8) is 0 Å². The van der Waals surface area contributed by atoms with Crippen molar-refractivity contribution in [2.24, 2.45) is 0 Å². The van der Waals surface area contributed by atoms with E-state index < -0.39 is 16.7 Å². The van der Waals surface area contributed by atoms with E-state index in [1.807, 2.05) is 0 Å². The topological polar surface area (TPSA) is 76.7 Å². The molecule has 11 heteroatoms. The maximum atomic E-state index is 12.7. The highest BCUT2D eigenvalue weighted by Crippen LogP contribution is 2.31. The standard InChI is InChI=1S/C17H18F3N5O3/c18-17(19,20)12-1-3-13(4-2-12)23-7-5-22(6-8-23)9-14-10-24-11-15(25(26)27)21-16(24)28-14/h1-4,11,14H,5-10H2/t14-/m0/s1. The van der Waals surface area contributed by atoms with Crippen molar-refractivity contribution >= 4 is 11.5 Å². The van der Waals surface area contributed by atoms with Crippen LogP contribution in [0.3, 0.4) is 0 Å². The third-order valence-electron chi connectivity index (χ3n) is 4.98. The molecule has 0 radical (unpaired) electrons. The zero-order valence-electron chi connectivity index (χ0n) is 14.8. The number of alkyl halides is 3. The van der Waals surface area contributed by atoms with Gasteiger partial charge in [0.05, 0.1) is 12.1 Å². The van der Waals surface area contributed by atoms with Crippen molar-refractivity contribution in [2.45, 2.75) is 18.8 Å². The van der Waals surface area contributed by atoms with Gasteiger partial charge in [-0.3, -0.25) is 9.47 Å². The summed E-state index contributed by atoms with van der Waals surface area (Å²) in [5, 5.41) is 10.7. The van der Waals surface area contributed by atoms with Crippen LogP contribution >= 0.6 is 0 Å². The molecular weight excluding hydrogens is 379 g/mol. The van der Waals surface area contributed by atoms with E-state index in [2.05, 4.69) is 14.8 Å². The number of rotatable bonds is 4. The molecule has 0 unspecified atom stereocenters. The Hall–Kier alpha value is -2.82. The molecule has 1 aromatic carbocycles. The minimum Gasteiger partial charge on any atom is -0.439 e. The van der Waals surface area contributed by atoms with Gasteiger partial charge >= 0.3 is 18.0 Å². The molecule has 0 amide bonds. The summed E-state index contributed by atoms with van der Waals surface area (Å²) in [6.45, 7) is 4.09. The molecule has 150 valence electrons. The van der Waals surface area contributed by atoms with Crippen LogP contribution in [0.5, 0.6) is 6.01 Å². The molecule has 1 aromatic heterocycles. The van der Waals surface area contributed by atoms with E-state index in [1.54, 1.807) is 4.57 Å². The Kier molecular flexibility index (Phi) is 4.61. The number of halogens is 3. The molecule has 1 atom stereocenters. The third kappa shape index (κ3) is 3.75. The molecule has 1 saturated heterocycles. The summed E-state index contributed by atoms with van der Waals surface area (Å²) in [5.41, 5.74) is 0.128. The predicted molar refractivity (Wildman–Crippen MR) is 93.4 cm³/mol. The number of piperazine rings is 1. The van der Waals surface area contributed by atoms with E-state index in [9.17, 15) is 23.3 Å². The second-order valence-corrected chi connectivity index (χ2v) is 6.86. The van der Waals surface area contributed by atoms with Crippen molar-refractivity contribution < 1.29 is 22.8 Å². The number of hydrogen-bond acceptors (Lipinski definition) is 6. The molecule has 8 nitrogen and oxygen atoms in total. The van der Waals surface area contributed by atoms with Crippen LogP contribution in [0.15, 0.2) is 30.5 Å². The largest absolute Gasteiger partial charge is 0.439 e. The number of aromatic nitrogens is 2. The zero-order chi connectivity index (χ0) is 19.9. The Balaban J connectivity index is 1.28. The van der Waals surface area contributed by atoms with Crippen LogP contribution < -0.4 is 9.64 Å². The number of nitrogens with zero attached hydrogens (tertiary/aromatic N) is 5. The monoisotopic (exact) mass is 397 g/mol. The maximum absolute atomic E-state index is 12.7. The molecule has 0 aliphatic carbocycles. The van der Waals surface area contributed by atoms with Crippen molar-refractivity contribution in [3.05, 3.63) is 46.1 Å². The second kappa shape index (κ2) is 6.97. The van der Waals surface area contributed by atoms with Crippen LogP contribution in [0.1, 0.15) is 5.56 Å². The lowest BCUT2D eigenvalue weighted by Crippen LogP contribution is -2.49. The number of benzene rings is 1. The Bertz CT molecular complexity index is 836. The Morgan fingerprint density at radius 3 is 2.43 bits per heavy atom. The van der Waals surface area contributed by atoms with E-state index in [4.69, 9.17) is 4.74 Å². The summed E-state index contributed by atoms with van der Waals surface area (Å²) < 4.78 is 45.3. The van der Waals surface area contributed by atoms with E-state index in [0.29, 0.717) is 26.2 Å². The fourth-order valence-corrected chi connectivity index (χ4v) is 3.54. The Morgan fingerprint density at radius 1 is 1.18 bits per heavy atom. The minimum atomic E-state index is -4.33. The highest BCUT2D eigenvalue weighted by molar-refractivity contribution is 5.48. The fourth-order valence-electron chi connectivity index (χ4n) is 3.54. The third-order valence-corrected chi connectivity index (χ3v) is 4.98. The number of ether oxygens (including phenoxy) is 1. The lowest BCUT2D eigenvalue weighted by atomic mass is 10.1. The van der Waals surface area contributed by atoms with Gasteiger partial charge in [0.2, 0.25) is 0 Å². The highest BCUT2D eigenvalue weighted by atomic mass is 19.4. The number of hydrogen-bond donors (Lipinski definition) is 0. The molecule has 0 N–H and O–H groups in total. The van der Waals surface area contributed by atoms with Crippen LogP contribution in [-0.4, -0.2) is 58.2 Å². The van der Waals surface area contributed by atoms with Crippen molar-refractivity contribution in [2.75, 3.05) is 37.6 Å². The lowest BCUT2D eigenvalue weighted by Gasteiger charge is -2.36. The minimum absolute atomic E-state index is 0.124. The SMILES string of the molecule is O=[N+]([O-])c1cn2c(n1)O[C@@H](CN1CCN(c3ccc(C(F)(F)F)cc3)CC1)C2. The summed E-state index contributed by atoms with van der Waals surface area (Å²) in [6.07, 6.45) is -3.08. The molecule has 2 aromatic rings. The van der Waals surface area contributed by atoms with Gasteiger partial charge in [-0.1, -0.05) is 0 Å². The van der Waals surface area contributed by atoms with Gasteiger partial charge in [-0.25, -0.2) is 0 Å². The molecule has 28 heavy (non-hydrogen) atoms. The average molecular weight is 397 g/mol. The quantitative estimate of drug-likeness (QED) is 0.583. The summed E-state index contributed by atoms with van der Waals surface area (Å²) in [4.78, 5) is 18.3. The number of fused-ring (bicyclic) bond motifs is 1. The van der Waals surface area contributed by atoms with Crippen LogP contribution in [0.4, 0.5) is 24.7 Å². The number of imidazole rings is 1. The number of nitro groups is 1. The van der Waals surface area contributed by atoms with Crippen molar-refractivity contribution in [1.82, 2.24) is 14.5 Å². The van der Waals surface area contributed by atoms with Crippen LogP contribution in [0.25, 0.3) is 0 Å². The summed E-state index contributed by atoms with van der Waals surface area (Å²) in [7, 11) is 0. The molecule has 3 heterocycles. The molecule has 1 fully saturated rings. The molecule has 2 aliphatic rings. The van der Waals surface area contributed by atoms with Crippen LogP contribution in [-0.2, 0) is 12.7 Å². The highest BCUT2D eigenvalue weighted by Gasteiger charge is 2.33. The van der Waals surface area contributed by atoms with Crippen molar-refractivity contribution in [3.8, 4) is 6.01 Å². The van der Waals surface area contributed by atoms with Gasteiger partial charge in [0.1, 0.15) is 12.3 Å². The fraction of sp³-hybridized carbons (Fsp3) is 0.471. The zero-order valence-corrected chi connectivity index (χ0v) is 14.8. The number of anilines is 1. The van der Waals surface area contributed by atoms with E-state index in [0.717, 1.165) is 30.9 Å². The summed E-state index contributed by atoms with van der Waals surface area (Å²) in [5.74, 6) is -0.224. The van der Waals surface area contributed by atoms with Gasteiger partial charge in [0, 0.05) is 43.4 Å². The van der Waals surface area contributed by atoms with Gasteiger partial charge in [-0.2, -0.15) is 13.2 Å². The van der Waals surface area contributed by atoms with E-state index in [1.165, 1.54) is 18.3 Å². The molecule has 0 bridgehead atoms. The van der Waals surface area contributed by atoms with Gasteiger partial charge in [-0.05, 0) is 29.2 Å². The lowest BCUT2D eigenvalue weighted by molar-refractivity contribution is -0.389. The van der Waals surface area contributed by atoms with Crippen LogP contribution in [0, 0.1) is 10.1 Å². The predicted octanol–water partition coefficient (Wildman–Crippen LogP) is 2.39. The molecule has 2 aliphatic heterocycles. The van der Waals surface area contributed by atoms with Crippen LogP contribution in [0.2, 0.25) is 0 Å². The molecule has 4 rings (SSSR count). The first kappa shape index (κ1) is 18.5. The molecule has 0 saturated carbocycles. The first-order valence-electron chi connectivity index (χ1n) is 8.82. The molecule has 0 spiro atoms. The second-order valence-electron chi connectivity index (χ2n) is 6.86.